The molecule has 11 nitrogen and oxygen atoms in total. The van der Waals surface area contributed by atoms with Gasteiger partial charge in [-0.3, -0.25) is 0 Å². The third-order valence-corrected chi connectivity index (χ3v) is 0.120. The Kier molecular flexibility index (Phi) is 32800. The first-order chi connectivity index (χ1) is 13.3. The zero-order chi connectivity index (χ0) is 25.5. The normalized spacial score (nSPS) is 1.00. The molecule has 0 amide bonds. The quantitative estimate of drug-likeness (QED) is 0.159. The van der Waals surface area contributed by atoms with E-state index < -0.39 is 0 Å². The van der Waals surface area contributed by atoms with Gasteiger partial charge >= 0.3 is 818 Å². The minimum atomic E-state index is 0. The number of nitrogens with zero attached hydrogens (tertiary/aromatic N) is 10. The molecule has 116 heavy (non-hydrogen) atoms. The first kappa shape index (κ1) is 1490. The summed E-state index contributed by atoms with van der Waals surface area (Å²) in [6, 6.07) is 0. The second-order valence-corrected chi connectivity index (χ2v) is 0.447. The molecule has 0 heterocycles. The van der Waals surface area contributed by atoms with E-state index in [1.54, 1.807) is 0 Å². The average Bonchev–Trinajstić information content (AvgIpc) is 2.86. The van der Waals surface area contributed by atoms with Crippen LogP contribution in [0.4, 0.5) is 0 Å². The molecule has 30 heteroatoms. The fourth-order valence-corrected chi connectivity index (χ4v) is 0.0179. The van der Waals surface area contributed by atoms with Crippen molar-refractivity contribution in [3.63, 3.8) is 0 Å². The molecule has 0 aliphatic heterocycles. The van der Waals surface area contributed by atoms with E-state index in [0.29, 0.717) is 0 Å². The number of hydrogen-bond acceptors (Lipinski definition) is 3. The Labute approximate surface area is 1490 Å². The summed E-state index contributed by atoms with van der Waals surface area (Å²) in [7, 11) is 0. The fourth-order valence-electron chi connectivity index (χ4n) is 0.0179. The van der Waals surface area contributed by atoms with E-state index >= 15 is 0 Å². The van der Waals surface area contributed by atoms with E-state index in [1.165, 1.54) is 253 Å². The SMILES string of the molecule is C.C.C.C.C.C.C.C.C.C.C.C.C.C.C.C.C.C.C.C.C.C.C.C.C.C.C.C.C.C.C.C.C.C.C.C.C.C.C.C.C.C.C.C.C.C.C.C.C.C.C.C.C.C.C.C.C.C.C.C.C.C.C.C.C.C.C.C.C.C.C.C.C.C.C.C.C.C.C.C.C.C.C.C.C.C.[2H][2H].[2H][2H].[2H][2H].[2H][2H].[H-].[H-].[H-].[H-].[H-].[K+].[K+].[K+].[K+].[K+].[K+].[K+].[K+].[K+].[K+].[K+].[K][K].[K][K].[K][K].[K][K].[N-]=N.[N-]=NN=[N-].[N-]=N[N-]N=[N-]. The van der Waals surface area contributed by atoms with Crippen molar-refractivity contribution in [2.24, 2.45) is 20.9 Å². The number of rotatable bonds is 3. The van der Waals surface area contributed by atoms with Crippen molar-refractivity contribution in [1.29, 1.82) is 5.53 Å². The Hall–Kier alpha value is 28.9. The van der Waals surface area contributed by atoms with Crippen molar-refractivity contribution in [2.75, 3.05) is 0 Å². The molecule has 0 aliphatic rings. The molecule has 1 N–H and O–H groups in total. The fraction of sp³-hybridized carbons (Fsp3) is 1.00. The Bertz CT molecular complexity index is 272. The van der Waals surface area contributed by atoms with Gasteiger partial charge in [0.25, 0.3) is 0 Å². The smallest absolute Gasteiger partial charge is 0.443 e. The Balaban J connectivity index is -0.000000000183. The molecule has 0 saturated heterocycles. The van der Waals surface area contributed by atoms with Gasteiger partial charge in [0, 0.05) is 11.9 Å². The maximum Gasteiger partial charge on any atom is -0.443 e. The first-order valence-electron chi connectivity index (χ1n) is 9.62. The van der Waals surface area contributed by atoms with Crippen molar-refractivity contribution >= 4 is 253 Å². The van der Waals surface area contributed by atoms with E-state index in [9.17, 15) is 0 Å². The molecule has 776 valence electrons. The average molecular weight is 2300 g/mol. The van der Waals surface area contributed by atoms with Crippen molar-refractivity contribution in [2.45, 2.75) is 639 Å². The van der Waals surface area contributed by atoms with E-state index in [4.69, 9.17) is 45.1 Å². The van der Waals surface area contributed by atoms with Gasteiger partial charge in [-0.2, -0.15) is 0 Å². The van der Waals surface area contributed by atoms with E-state index in [2.05, 4.69) is 16.0 Å². The molecule has 0 aromatic heterocycles. The Morgan fingerprint density at radius 1 is 0.138 bits per heavy atom. The summed E-state index contributed by atoms with van der Waals surface area (Å²) < 4.78 is 40.0. The van der Waals surface area contributed by atoms with Crippen LogP contribution in [0.5, 0.6) is 0 Å². The second-order valence-electron chi connectivity index (χ2n) is 0.447. The van der Waals surface area contributed by atoms with Crippen LogP contribution in [0.3, 0.4) is 0 Å². The maximum absolute atomic E-state index is 7.27. The van der Waals surface area contributed by atoms with Crippen LogP contribution >= 0.6 is 0 Å². The molecule has 0 aliphatic carbocycles. The summed E-state index contributed by atoms with van der Waals surface area (Å²) >= 11 is 10.0. The van der Waals surface area contributed by atoms with Gasteiger partial charge in [-0.25, -0.2) is 0 Å². The van der Waals surface area contributed by atoms with Gasteiger partial charge in [0.1, 0.15) is 0 Å². The molecular formula is C86H358K19N11. The molecule has 0 atom stereocenters. The van der Waals surface area contributed by atoms with Crippen LogP contribution in [0, 0.1) is 5.53 Å². The van der Waals surface area contributed by atoms with Crippen LogP contribution in [0.15, 0.2) is 20.9 Å². The topological polar surface area (TPSA) is 199 Å². The Morgan fingerprint density at radius 2 is 0.164 bits per heavy atom. The molecule has 0 fully saturated rings. The molecule has 0 spiro atoms. The predicted molar refractivity (Wildman–Crippen MR) is 671 cm³/mol. The van der Waals surface area contributed by atoms with Gasteiger partial charge in [0.15, 0.2) is 0 Å². The van der Waals surface area contributed by atoms with Crippen LogP contribution < -0.4 is 565 Å². The third-order valence-electron chi connectivity index (χ3n) is 0.120. The van der Waals surface area contributed by atoms with Crippen molar-refractivity contribution in [3.05, 3.63) is 33.2 Å². The van der Waals surface area contributed by atoms with Gasteiger partial charge in [-0.15, -0.1) is 0 Å². The zero-order valence-electron chi connectivity index (χ0n) is 37.0. The van der Waals surface area contributed by atoms with Crippen molar-refractivity contribution in [3.8, 4) is 0 Å². The largest absolute Gasteiger partial charge is 0.728 e. The predicted octanol–water partition coefficient (Wildman–Crippen LogP) is 23.0. The summed E-state index contributed by atoms with van der Waals surface area (Å²) in [5.74, 6) is 0. The summed E-state index contributed by atoms with van der Waals surface area (Å²) in [5, 5.41) is 7.96. The van der Waals surface area contributed by atoms with Gasteiger partial charge < -0.3 is 66.7 Å². The second kappa shape index (κ2) is 2560. The summed E-state index contributed by atoms with van der Waals surface area (Å²) in [6.45, 7) is 0. The standard InChI is InChI=1S/86CH4.19K.N5.N4.HN2.4H2.5H/c;;;;;;;;;;;;;;;;;;;;;;;;;;;;;;;;;;;;;;;;;;;;;;;;;;;;;;;;;;;;;;;;;;;;;;;;;;;;;;;;;;;;;;;;;;;;;;;;;;;;;;;;;1-3-5-4-2;1-3-4-2;1-2;;;;;;;;;/h86*1H4;;;;;;;;;;;;;;;;;;;;;;1H;4*1H;;;;;/q;;;;;;;;;;;;;;;;;;;;;;;;;;;;;;;;;;;;;;;;;;;;;;;;;;;;;;;;;;;;;;;;;;;;;;;;;;;;;;;;;;;;;;;;;;;;;;11*+1;-3;-2;-1;;;;;5*-1/i;;;;;;;;;;;;;;;;;;;;;;;;;;;;;;;;;;;;;;;;;;;;;;;;;;;;;;;;;;;;;;;;;;;;;;;;;;;;;;;;;;;;;;;;;;;;;;;;;;;;;;;;;;;;4*1+1D;;;;;. The third kappa shape index (κ3) is 2830. The minimum absolute atomic E-state index is 0. The van der Waals surface area contributed by atoms with Gasteiger partial charge in [-0.1, -0.05) is 639 Å². The first-order valence-corrected chi connectivity index (χ1v) is 69.6. The molecule has 0 unspecified atom stereocenters. The van der Waals surface area contributed by atoms with Gasteiger partial charge in [0.2, 0.25) is 0 Å². The molecule has 0 radical (unpaired) electrons. The number of nitrogens with one attached hydrogen (secondary N) is 1. The van der Waals surface area contributed by atoms with Gasteiger partial charge in [0.05, 0.1) is 0 Å². The van der Waals surface area contributed by atoms with Crippen LogP contribution in [-0.4, -0.2) is 253 Å². The van der Waals surface area contributed by atoms with Gasteiger partial charge in [-0.05, 0) is 0 Å². The van der Waals surface area contributed by atoms with Crippen LogP contribution in [-0.2, 0) is 0 Å². The monoisotopic (exact) mass is 2300 g/mol. The Morgan fingerprint density at radius 3 is 0.164 bits per heavy atom. The summed E-state index contributed by atoms with van der Waals surface area (Å²) in [5.41, 5.74) is 42.0. The zero-order valence-corrected chi connectivity index (χ0v) is 83.3. The van der Waals surface area contributed by atoms with E-state index in [1.807, 2.05) is 10.4 Å². The maximum atomic E-state index is 7.27. The van der Waals surface area contributed by atoms with Crippen LogP contribution in [0.2, 0.25) is 0 Å². The molecule has 0 rings (SSSR count). The van der Waals surface area contributed by atoms with Crippen LogP contribution in [0.1, 0.15) is 658 Å². The van der Waals surface area contributed by atoms with E-state index in [0.717, 1.165) is 0 Å². The molecule has 0 aromatic carbocycles. The van der Waals surface area contributed by atoms with Crippen molar-refractivity contribution in [1.82, 2.24) is 0 Å². The summed E-state index contributed by atoms with van der Waals surface area (Å²) in [4.78, 5) is 0. The van der Waals surface area contributed by atoms with Crippen LogP contribution in [0.25, 0.3) is 33.2 Å². The minimum Gasteiger partial charge on any atom is -0.728 e. The molecule has 0 saturated carbocycles. The molecule has 0 bridgehead atoms. The molecular weight excluding hydrogens is 1930 g/mol. The number of hydrogen-bond donors (Lipinski definition) is 1. The summed E-state index contributed by atoms with van der Waals surface area (Å²) in [6.07, 6.45) is 0. The van der Waals surface area contributed by atoms with E-state index in [-0.39, 0.29) is 1210 Å². The molecule has 0 aromatic rings. The van der Waals surface area contributed by atoms with Crippen molar-refractivity contribution < 1.29 is 584 Å².